The van der Waals surface area contributed by atoms with E-state index < -0.39 is 10.0 Å². The van der Waals surface area contributed by atoms with E-state index in [9.17, 15) is 8.42 Å². The molecule has 0 unspecified atom stereocenters. The van der Waals surface area contributed by atoms with Gasteiger partial charge in [-0.1, -0.05) is 33.6 Å². The number of hydrogen-bond donors (Lipinski definition) is 1. The number of ether oxygens (including phenoxy) is 1. The van der Waals surface area contributed by atoms with Crippen LogP contribution in [-0.4, -0.2) is 21.6 Å². The fraction of sp³-hybridized carbons (Fsp3) is 0.667. The molecule has 0 aromatic heterocycles. The second kappa shape index (κ2) is 7.22. The quantitative estimate of drug-likeness (QED) is 0.882. The largest absolute Gasteiger partial charge is 0.495 e. The van der Waals surface area contributed by atoms with Gasteiger partial charge in [-0.3, -0.25) is 0 Å². The molecule has 4 nitrogen and oxygen atoms in total. The Kier molecular flexibility index (Phi) is 5.74. The summed E-state index contributed by atoms with van der Waals surface area (Å²) in [7, 11) is -2.06. The smallest absolute Gasteiger partial charge is 0.244 e. The van der Waals surface area contributed by atoms with Gasteiger partial charge in [0.25, 0.3) is 0 Å². The van der Waals surface area contributed by atoms with Gasteiger partial charge in [-0.15, -0.1) is 0 Å². The Labute approximate surface area is 140 Å². The lowest BCUT2D eigenvalue weighted by Crippen LogP contribution is -2.41. The summed E-state index contributed by atoms with van der Waals surface area (Å²) in [6, 6.07) is 3.62. The molecule has 0 bridgehead atoms. The van der Waals surface area contributed by atoms with Gasteiger partial charge < -0.3 is 4.74 Å². The van der Waals surface area contributed by atoms with E-state index in [1.54, 1.807) is 6.07 Å². The van der Waals surface area contributed by atoms with E-state index in [1.807, 2.05) is 13.0 Å². The molecule has 23 heavy (non-hydrogen) atoms. The molecule has 1 aromatic rings. The minimum atomic E-state index is -3.58. The topological polar surface area (TPSA) is 55.4 Å². The lowest BCUT2D eigenvalue weighted by molar-refractivity contribution is 0.310. The van der Waals surface area contributed by atoms with Gasteiger partial charge in [0, 0.05) is 6.04 Å². The number of benzene rings is 1. The lowest BCUT2D eigenvalue weighted by atomic mass is 9.87. The highest BCUT2D eigenvalue weighted by molar-refractivity contribution is 7.89. The van der Waals surface area contributed by atoms with Gasteiger partial charge in [0.15, 0.2) is 0 Å². The summed E-state index contributed by atoms with van der Waals surface area (Å²) in [6.07, 6.45) is 4.26. The first-order valence-corrected chi connectivity index (χ1v) is 9.95. The molecule has 0 radical (unpaired) electrons. The highest BCUT2D eigenvalue weighted by atomic mass is 32.2. The Bertz CT molecular complexity index is 652. The Morgan fingerprint density at radius 1 is 1.22 bits per heavy atom. The first-order chi connectivity index (χ1) is 10.8. The van der Waals surface area contributed by atoms with Crippen molar-refractivity contribution < 1.29 is 13.2 Å². The summed E-state index contributed by atoms with van der Waals surface area (Å²) in [6.45, 7) is 8.26. The van der Waals surface area contributed by atoms with Gasteiger partial charge in [-0.2, -0.15) is 0 Å². The van der Waals surface area contributed by atoms with E-state index in [-0.39, 0.29) is 16.9 Å². The van der Waals surface area contributed by atoms with Crippen LogP contribution in [0.4, 0.5) is 0 Å². The van der Waals surface area contributed by atoms with Crippen molar-refractivity contribution in [3.63, 3.8) is 0 Å². The molecule has 1 aliphatic carbocycles. The van der Waals surface area contributed by atoms with E-state index in [0.29, 0.717) is 11.7 Å². The highest BCUT2D eigenvalue weighted by Crippen LogP contribution is 2.32. The van der Waals surface area contributed by atoms with E-state index in [4.69, 9.17) is 4.74 Å². The van der Waals surface area contributed by atoms with Gasteiger partial charge in [0.1, 0.15) is 10.6 Å². The normalized spacial score (nSPS) is 22.3. The van der Waals surface area contributed by atoms with Crippen LogP contribution in [-0.2, 0) is 10.0 Å². The van der Waals surface area contributed by atoms with Crippen LogP contribution in [0.15, 0.2) is 17.0 Å². The molecule has 0 spiro atoms. The maximum atomic E-state index is 12.9. The Morgan fingerprint density at radius 2 is 1.87 bits per heavy atom. The van der Waals surface area contributed by atoms with E-state index in [2.05, 4.69) is 25.5 Å². The van der Waals surface area contributed by atoms with Crippen molar-refractivity contribution in [3.05, 3.63) is 23.3 Å². The van der Waals surface area contributed by atoms with Gasteiger partial charge in [0.2, 0.25) is 10.0 Å². The van der Waals surface area contributed by atoms with Gasteiger partial charge in [0.05, 0.1) is 7.11 Å². The maximum absolute atomic E-state index is 12.9. The molecule has 1 fully saturated rings. The molecular formula is C18H29NO3S. The monoisotopic (exact) mass is 339 g/mol. The van der Waals surface area contributed by atoms with Gasteiger partial charge in [-0.25, -0.2) is 13.1 Å². The van der Waals surface area contributed by atoms with Crippen molar-refractivity contribution in [3.8, 4) is 5.75 Å². The van der Waals surface area contributed by atoms with Crippen LogP contribution in [0.2, 0.25) is 0 Å². The zero-order chi connectivity index (χ0) is 17.2. The predicted molar refractivity (Wildman–Crippen MR) is 93.6 cm³/mol. The van der Waals surface area contributed by atoms with Crippen molar-refractivity contribution in [2.45, 2.75) is 70.2 Å². The molecule has 2 rings (SSSR count). The van der Waals surface area contributed by atoms with E-state index >= 15 is 0 Å². The van der Waals surface area contributed by atoms with Crippen molar-refractivity contribution in [1.82, 2.24) is 4.72 Å². The predicted octanol–water partition coefficient (Wildman–Crippen LogP) is 3.98. The molecule has 1 N–H and O–H groups in total. The molecule has 1 aromatic carbocycles. The average Bonchev–Trinajstić information content (AvgIpc) is 2.48. The summed E-state index contributed by atoms with van der Waals surface area (Å²) in [5, 5.41) is 0. The zero-order valence-corrected chi connectivity index (χ0v) is 15.7. The fourth-order valence-electron chi connectivity index (χ4n) is 3.42. The van der Waals surface area contributed by atoms with E-state index in [0.717, 1.165) is 30.4 Å². The molecular weight excluding hydrogens is 310 g/mol. The van der Waals surface area contributed by atoms with Gasteiger partial charge >= 0.3 is 0 Å². The summed E-state index contributed by atoms with van der Waals surface area (Å²) < 4.78 is 34.1. The number of hydrogen-bond acceptors (Lipinski definition) is 3. The minimum Gasteiger partial charge on any atom is -0.495 e. The highest BCUT2D eigenvalue weighted by Gasteiger charge is 2.29. The third-order valence-electron chi connectivity index (χ3n) is 4.88. The average molecular weight is 340 g/mol. The second-order valence-electron chi connectivity index (χ2n) is 7.00. The summed E-state index contributed by atoms with van der Waals surface area (Å²) in [5.41, 5.74) is 2.10. The number of methoxy groups -OCH3 is 1. The maximum Gasteiger partial charge on any atom is 0.244 e. The molecule has 0 saturated heterocycles. The molecule has 0 amide bonds. The summed E-state index contributed by atoms with van der Waals surface area (Å²) in [4.78, 5) is 0.257. The van der Waals surface area contributed by atoms with Crippen molar-refractivity contribution in [2.75, 3.05) is 7.11 Å². The molecule has 2 atom stereocenters. The van der Waals surface area contributed by atoms with Crippen LogP contribution >= 0.6 is 0 Å². The molecule has 0 aliphatic heterocycles. The molecule has 0 heterocycles. The molecule has 1 saturated carbocycles. The molecule has 1 aliphatic rings. The zero-order valence-electron chi connectivity index (χ0n) is 14.8. The van der Waals surface area contributed by atoms with Crippen molar-refractivity contribution in [1.29, 1.82) is 0 Å². The number of rotatable bonds is 5. The molecule has 5 heteroatoms. The Morgan fingerprint density at radius 3 is 2.43 bits per heavy atom. The minimum absolute atomic E-state index is 0.0160. The third kappa shape index (κ3) is 4.07. The second-order valence-corrected chi connectivity index (χ2v) is 8.69. The Hall–Kier alpha value is -1.07. The van der Waals surface area contributed by atoms with Crippen LogP contribution in [0.3, 0.4) is 0 Å². The first kappa shape index (κ1) is 18.3. The van der Waals surface area contributed by atoms with Crippen LogP contribution in [0, 0.1) is 12.8 Å². The van der Waals surface area contributed by atoms with Crippen LogP contribution in [0.5, 0.6) is 5.75 Å². The summed E-state index contributed by atoms with van der Waals surface area (Å²) in [5.74, 6) is 1.06. The SMILES string of the molecule is COc1cc(C)c(C(C)C)cc1S(=O)(=O)N[C@H]1CCCC[C@@H]1C. The number of nitrogens with one attached hydrogen (secondary N) is 1. The van der Waals surface area contributed by atoms with Crippen molar-refractivity contribution >= 4 is 10.0 Å². The standard InChI is InChI=1S/C18H29NO3S/c1-12(2)15-11-18(17(22-5)10-14(15)4)23(20,21)19-16-9-7-6-8-13(16)3/h10-13,16,19H,6-9H2,1-5H3/t13-,16-/m0/s1. The lowest BCUT2D eigenvalue weighted by Gasteiger charge is -2.29. The van der Waals surface area contributed by atoms with E-state index in [1.165, 1.54) is 13.5 Å². The number of aryl methyl sites for hydroxylation is 1. The van der Waals surface area contributed by atoms with Crippen LogP contribution in [0.25, 0.3) is 0 Å². The third-order valence-corrected chi connectivity index (χ3v) is 6.39. The van der Waals surface area contributed by atoms with Gasteiger partial charge in [-0.05, 0) is 54.9 Å². The van der Waals surface area contributed by atoms with Crippen LogP contribution in [0.1, 0.15) is 63.5 Å². The Balaban J connectivity index is 2.39. The summed E-state index contributed by atoms with van der Waals surface area (Å²) >= 11 is 0. The fourth-order valence-corrected chi connectivity index (χ4v) is 4.99. The van der Waals surface area contributed by atoms with Crippen LogP contribution < -0.4 is 9.46 Å². The first-order valence-electron chi connectivity index (χ1n) is 8.47. The van der Waals surface area contributed by atoms with Crippen molar-refractivity contribution in [2.24, 2.45) is 5.92 Å². The number of sulfonamides is 1. The molecule has 130 valence electrons.